The van der Waals surface area contributed by atoms with Gasteiger partial charge < -0.3 is 15.0 Å². The predicted molar refractivity (Wildman–Crippen MR) is 110 cm³/mol. The highest BCUT2D eigenvalue weighted by Gasteiger charge is 2.24. The van der Waals surface area contributed by atoms with E-state index < -0.39 is 0 Å². The normalized spacial score (nSPS) is 16.7. The molecule has 0 radical (unpaired) electrons. The Morgan fingerprint density at radius 1 is 1.07 bits per heavy atom. The van der Waals surface area contributed by atoms with Crippen LogP contribution < -0.4 is 10.1 Å². The van der Waals surface area contributed by atoms with Gasteiger partial charge in [0.1, 0.15) is 5.75 Å². The maximum absolute atomic E-state index is 12.6. The smallest absolute Gasteiger partial charge is 0.253 e. The molecule has 2 aromatic carbocycles. The molecule has 148 valence electrons. The van der Waals surface area contributed by atoms with Gasteiger partial charge in [0.2, 0.25) is 0 Å². The number of piperidine rings is 1. The molecule has 2 aromatic rings. The first-order chi connectivity index (χ1) is 13.5. The van der Waals surface area contributed by atoms with Crippen LogP contribution in [-0.2, 0) is 0 Å². The van der Waals surface area contributed by atoms with Crippen molar-refractivity contribution in [3.05, 3.63) is 65.7 Å². The Labute approximate surface area is 166 Å². The number of ether oxygens (including phenoxy) is 1. The summed E-state index contributed by atoms with van der Waals surface area (Å²) >= 11 is 0. The van der Waals surface area contributed by atoms with Crippen LogP contribution in [0.5, 0.6) is 5.75 Å². The van der Waals surface area contributed by atoms with Crippen LogP contribution in [0, 0.1) is 5.92 Å². The molecule has 1 N–H and O–H groups in total. The van der Waals surface area contributed by atoms with E-state index in [1.165, 1.54) is 0 Å². The van der Waals surface area contributed by atoms with E-state index >= 15 is 0 Å². The number of amides is 2. The quantitative estimate of drug-likeness (QED) is 0.830. The topological polar surface area (TPSA) is 58.6 Å². The molecule has 2 amide bonds. The standard InChI is InChI=1S/C23H28N2O3/c1-17(2)24-22(26)19-10-12-21(13-11-19)28-16-18-7-6-14-25(15-18)23(27)20-8-4-3-5-9-20/h3-5,8-13,17-18H,6-7,14-16H2,1-2H3,(H,24,26). The lowest BCUT2D eigenvalue weighted by Gasteiger charge is -2.32. The van der Waals surface area contributed by atoms with Crippen molar-refractivity contribution in [1.29, 1.82) is 0 Å². The molecule has 0 aromatic heterocycles. The van der Waals surface area contributed by atoms with Gasteiger partial charge in [0.05, 0.1) is 6.61 Å². The molecule has 0 saturated carbocycles. The Balaban J connectivity index is 1.52. The number of likely N-dealkylation sites (tertiary alicyclic amines) is 1. The molecule has 1 aliphatic heterocycles. The number of nitrogens with zero attached hydrogens (tertiary/aromatic N) is 1. The van der Waals surface area contributed by atoms with Gasteiger partial charge in [-0.3, -0.25) is 9.59 Å². The first kappa shape index (κ1) is 19.9. The molecule has 1 heterocycles. The van der Waals surface area contributed by atoms with Crippen LogP contribution in [0.25, 0.3) is 0 Å². The van der Waals surface area contributed by atoms with Crippen molar-refractivity contribution >= 4 is 11.8 Å². The van der Waals surface area contributed by atoms with Gasteiger partial charge in [-0.2, -0.15) is 0 Å². The molecule has 0 bridgehead atoms. The van der Waals surface area contributed by atoms with Crippen LogP contribution in [-0.4, -0.2) is 42.5 Å². The van der Waals surface area contributed by atoms with Crippen LogP contribution in [0.2, 0.25) is 0 Å². The van der Waals surface area contributed by atoms with Crippen LogP contribution in [0.1, 0.15) is 47.4 Å². The minimum Gasteiger partial charge on any atom is -0.493 e. The SMILES string of the molecule is CC(C)NC(=O)c1ccc(OCC2CCCN(C(=O)c3ccccc3)C2)cc1. The predicted octanol–water partition coefficient (Wildman–Crippen LogP) is 3.76. The summed E-state index contributed by atoms with van der Waals surface area (Å²) in [5, 5.41) is 2.87. The molecule has 1 aliphatic rings. The van der Waals surface area contributed by atoms with E-state index in [0.29, 0.717) is 24.6 Å². The summed E-state index contributed by atoms with van der Waals surface area (Å²) in [6.07, 6.45) is 2.04. The molecule has 1 unspecified atom stereocenters. The molecular weight excluding hydrogens is 352 g/mol. The fourth-order valence-electron chi connectivity index (χ4n) is 3.41. The van der Waals surface area contributed by atoms with Crippen molar-refractivity contribution in [2.45, 2.75) is 32.7 Å². The number of carbonyl (C=O) groups is 2. The molecular formula is C23H28N2O3. The third-order valence-electron chi connectivity index (χ3n) is 4.85. The number of hydrogen-bond acceptors (Lipinski definition) is 3. The summed E-state index contributed by atoms with van der Waals surface area (Å²) in [5.41, 5.74) is 1.36. The van der Waals surface area contributed by atoms with Crippen molar-refractivity contribution in [3.63, 3.8) is 0 Å². The van der Waals surface area contributed by atoms with Gasteiger partial charge in [0.25, 0.3) is 11.8 Å². The number of hydrogen-bond donors (Lipinski definition) is 1. The maximum atomic E-state index is 12.6. The molecule has 3 rings (SSSR count). The van der Waals surface area contributed by atoms with Crippen molar-refractivity contribution in [3.8, 4) is 5.75 Å². The van der Waals surface area contributed by atoms with Crippen LogP contribution in [0.15, 0.2) is 54.6 Å². The van der Waals surface area contributed by atoms with Crippen molar-refractivity contribution in [2.75, 3.05) is 19.7 Å². The third kappa shape index (κ3) is 5.35. The summed E-state index contributed by atoms with van der Waals surface area (Å²) in [7, 11) is 0. The minimum absolute atomic E-state index is 0.0797. The molecule has 0 spiro atoms. The van der Waals surface area contributed by atoms with Gasteiger partial charge in [-0.05, 0) is 63.1 Å². The lowest BCUT2D eigenvalue weighted by atomic mass is 9.98. The van der Waals surface area contributed by atoms with Crippen LogP contribution >= 0.6 is 0 Å². The summed E-state index contributed by atoms with van der Waals surface area (Å²) in [6.45, 7) is 5.94. The molecule has 28 heavy (non-hydrogen) atoms. The van der Waals surface area contributed by atoms with Gasteiger partial charge in [-0.1, -0.05) is 18.2 Å². The van der Waals surface area contributed by atoms with Gasteiger partial charge in [-0.25, -0.2) is 0 Å². The molecule has 1 saturated heterocycles. The zero-order valence-corrected chi connectivity index (χ0v) is 16.6. The molecule has 1 atom stereocenters. The highest BCUT2D eigenvalue weighted by atomic mass is 16.5. The second kappa shape index (κ2) is 9.40. The van der Waals surface area contributed by atoms with Gasteiger partial charge >= 0.3 is 0 Å². The zero-order valence-electron chi connectivity index (χ0n) is 16.6. The lowest BCUT2D eigenvalue weighted by Crippen LogP contribution is -2.41. The van der Waals surface area contributed by atoms with E-state index in [2.05, 4.69) is 5.32 Å². The van der Waals surface area contributed by atoms with Crippen LogP contribution in [0.4, 0.5) is 0 Å². The highest BCUT2D eigenvalue weighted by molar-refractivity contribution is 5.94. The van der Waals surface area contributed by atoms with Crippen molar-refractivity contribution in [1.82, 2.24) is 10.2 Å². The Hall–Kier alpha value is -2.82. The van der Waals surface area contributed by atoms with E-state index in [4.69, 9.17) is 4.74 Å². The molecule has 5 heteroatoms. The van der Waals surface area contributed by atoms with E-state index in [1.807, 2.05) is 61.2 Å². The number of benzene rings is 2. The fraction of sp³-hybridized carbons (Fsp3) is 0.391. The molecule has 0 aliphatic carbocycles. The second-order valence-electron chi connectivity index (χ2n) is 7.59. The Morgan fingerprint density at radius 3 is 2.46 bits per heavy atom. The fourth-order valence-corrected chi connectivity index (χ4v) is 3.41. The Bertz CT molecular complexity index is 787. The maximum Gasteiger partial charge on any atom is 0.253 e. The Morgan fingerprint density at radius 2 is 1.79 bits per heavy atom. The van der Waals surface area contributed by atoms with Crippen molar-refractivity contribution < 1.29 is 14.3 Å². The van der Waals surface area contributed by atoms with E-state index in [1.54, 1.807) is 12.1 Å². The molecule has 5 nitrogen and oxygen atoms in total. The average molecular weight is 380 g/mol. The summed E-state index contributed by atoms with van der Waals surface area (Å²) < 4.78 is 5.93. The Kier molecular flexibility index (Phi) is 6.69. The second-order valence-corrected chi connectivity index (χ2v) is 7.59. The first-order valence-corrected chi connectivity index (χ1v) is 9.91. The summed E-state index contributed by atoms with van der Waals surface area (Å²) in [6, 6.07) is 16.7. The van der Waals surface area contributed by atoms with Crippen molar-refractivity contribution in [2.24, 2.45) is 5.92 Å². The first-order valence-electron chi connectivity index (χ1n) is 9.91. The lowest BCUT2D eigenvalue weighted by molar-refractivity contribution is 0.0633. The largest absolute Gasteiger partial charge is 0.493 e. The van der Waals surface area contributed by atoms with Crippen LogP contribution in [0.3, 0.4) is 0 Å². The average Bonchev–Trinajstić information content (AvgIpc) is 2.72. The zero-order chi connectivity index (χ0) is 19.9. The highest BCUT2D eigenvalue weighted by Crippen LogP contribution is 2.21. The van der Waals surface area contributed by atoms with E-state index in [9.17, 15) is 9.59 Å². The monoisotopic (exact) mass is 380 g/mol. The minimum atomic E-state index is -0.0797. The summed E-state index contributed by atoms with van der Waals surface area (Å²) in [4.78, 5) is 26.6. The van der Waals surface area contributed by atoms with Gasteiger partial charge in [0, 0.05) is 36.2 Å². The van der Waals surface area contributed by atoms with E-state index in [-0.39, 0.29) is 17.9 Å². The number of rotatable bonds is 6. The summed E-state index contributed by atoms with van der Waals surface area (Å²) in [5.74, 6) is 1.06. The third-order valence-corrected chi connectivity index (χ3v) is 4.85. The van der Waals surface area contributed by atoms with E-state index in [0.717, 1.165) is 30.7 Å². The number of carbonyl (C=O) groups excluding carboxylic acids is 2. The van der Waals surface area contributed by atoms with Gasteiger partial charge in [0.15, 0.2) is 0 Å². The number of nitrogens with one attached hydrogen (secondary N) is 1. The van der Waals surface area contributed by atoms with Gasteiger partial charge in [-0.15, -0.1) is 0 Å². The molecule has 1 fully saturated rings.